The number of carbonyl (C=O) groups is 1. The van der Waals surface area contributed by atoms with Gasteiger partial charge in [-0.05, 0) is 25.1 Å². The Morgan fingerprint density at radius 3 is 2.77 bits per heavy atom. The van der Waals surface area contributed by atoms with Crippen molar-refractivity contribution in [1.29, 1.82) is 0 Å². The minimum Gasteiger partial charge on any atom is -0.401 e. The maximum Gasteiger partial charge on any atom is 0.322 e. The number of rotatable bonds is 3. The van der Waals surface area contributed by atoms with Gasteiger partial charge in [0.25, 0.3) is 11.8 Å². The Bertz CT molecular complexity index is 820. The van der Waals surface area contributed by atoms with E-state index in [4.69, 9.17) is 16.0 Å². The highest BCUT2D eigenvalue weighted by molar-refractivity contribution is 6.34. The molecule has 0 spiro atoms. The van der Waals surface area contributed by atoms with Gasteiger partial charge in [0.15, 0.2) is 0 Å². The fourth-order valence-electron chi connectivity index (χ4n) is 1.85. The SMILES string of the molecule is Cc1cc(-c2nnc(NC(=O)c3ccccc3Cl)o2)nn1C. The van der Waals surface area contributed by atoms with Gasteiger partial charge in [-0.1, -0.05) is 28.8 Å². The Kier molecular flexibility index (Phi) is 3.64. The topological polar surface area (TPSA) is 85.8 Å². The molecule has 0 radical (unpaired) electrons. The summed E-state index contributed by atoms with van der Waals surface area (Å²) >= 11 is 5.97. The Balaban J connectivity index is 1.80. The van der Waals surface area contributed by atoms with Gasteiger partial charge in [-0.2, -0.15) is 5.10 Å². The van der Waals surface area contributed by atoms with Crippen LogP contribution in [0.2, 0.25) is 5.02 Å². The zero-order valence-corrected chi connectivity index (χ0v) is 12.6. The van der Waals surface area contributed by atoms with Crippen molar-refractivity contribution in [2.24, 2.45) is 7.05 Å². The van der Waals surface area contributed by atoms with E-state index in [2.05, 4.69) is 20.6 Å². The van der Waals surface area contributed by atoms with E-state index < -0.39 is 5.91 Å². The molecule has 112 valence electrons. The molecule has 3 aromatic rings. The van der Waals surface area contributed by atoms with E-state index >= 15 is 0 Å². The highest BCUT2D eigenvalue weighted by Gasteiger charge is 2.16. The van der Waals surface area contributed by atoms with Crippen LogP contribution in [0.15, 0.2) is 34.7 Å². The highest BCUT2D eigenvalue weighted by Crippen LogP contribution is 2.20. The molecule has 0 aliphatic carbocycles. The van der Waals surface area contributed by atoms with E-state index in [0.717, 1.165) is 5.69 Å². The number of amides is 1. The summed E-state index contributed by atoms with van der Waals surface area (Å²) < 4.78 is 7.09. The standard InChI is InChI=1S/C14H12ClN5O2/c1-8-7-11(19-20(8)2)13-17-18-14(22-13)16-12(21)9-5-3-4-6-10(9)15/h3-7H,1-2H3,(H,16,18,21). The van der Waals surface area contributed by atoms with Gasteiger partial charge in [0.1, 0.15) is 5.69 Å². The molecule has 1 amide bonds. The van der Waals surface area contributed by atoms with Crippen molar-refractivity contribution in [2.75, 3.05) is 5.32 Å². The maximum atomic E-state index is 12.1. The molecule has 0 aliphatic rings. The summed E-state index contributed by atoms with van der Waals surface area (Å²) in [6, 6.07) is 8.50. The van der Waals surface area contributed by atoms with Crippen LogP contribution in [-0.4, -0.2) is 25.9 Å². The van der Waals surface area contributed by atoms with Crippen LogP contribution >= 0.6 is 11.6 Å². The Morgan fingerprint density at radius 1 is 1.32 bits per heavy atom. The summed E-state index contributed by atoms with van der Waals surface area (Å²) in [7, 11) is 1.81. The lowest BCUT2D eigenvalue weighted by molar-refractivity contribution is 0.102. The number of hydrogen-bond acceptors (Lipinski definition) is 5. The van der Waals surface area contributed by atoms with Crippen molar-refractivity contribution in [3.05, 3.63) is 46.6 Å². The number of aryl methyl sites for hydroxylation is 2. The Hall–Kier alpha value is -2.67. The van der Waals surface area contributed by atoms with Crippen molar-refractivity contribution >= 4 is 23.5 Å². The van der Waals surface area contributed by atoms with Gasteiger partial charge in [0.05, 0.1) is 10.6 Å². The molecule has 0 saturated heterocycles. The van der Waals surface area contributed by atoms with Crippen molar-refractivity contribution in [3.8, 4) is 11.6 Å². The first-order valence-corrected chi connectivity index (χ1v) is 6.83. The average molecular weight is 318 g/mol. The number of halogens is 1. The second-order valence-corrected chi connectivity index (χ2v) is 5.05. The first-order valence-electron chi connectivity index (χ1n) is 6.45. The van der Waals surface area contributed by atoms with Gasteiger partial charge in [-0.15, -0.1) is 5.10 Å². The van der Waals surface area contributed by atoms with E-state index in [1.54, 1.807) is 28.9 Å². The molecule has 0 bridgehead atoms. The summed E-state index contributed by atoms with van der Waals surface area (Å²) in [4.78, 5) is 12.1. The fourth-order valence-corrected chi connectivity index (χ4v) is 2.07. The van der Waals surface area contributed by atoms with Crippen LogP contribution < -0.4 is 5.32 Å². The van der Waals surface area contributed by atoms with E-state index in [1.807, 2.05) is 20.0 Å². The summed E-state index contributed by atoms with van der Waals surface area (Å²) in [5.41, 5.74) is 1.83. The van der Waals surface area contributed by atoms with Crippen LogP contribution in [0.5, 0.6) is 0 Å². The van der Waals surface area contributed by atoms with E-state index in [9.17, 15) is 4.79 Å². The molecule has 1 aromatic carbocycles. The van der Waals surface area contributed by atoms with Gasteiger partial charge in [-0.3, -0.25) is 14.8 Å². The number of hydrogen-bond donors (Lipinski definition) is 1. The summed E-state index contributed by atoms with van der Waals surface area (Å²) in [6.07, 6.45) is 0. The first-order chi connectivity index (χ1) is 10.5. The fraction of sp³-hybridized carbons (Fsp3) is 0.143. The van der Waals surface area contributed by atoms with Gasteiger partial charge in [-0.25, -0.2) is 0 Å². The van der Waals surface area contributed by atoms with Gasteiger partial charge in [0, 0.05) is 12.7 Å². The summed E-state index contributed by atoms with van der Waals surface area (Å²) in [5, 5.41) is 14.7. The number of carbonyl (C=O) groups excluding carboxylic acids is 1. The van der Waals surface area contributed by atoms with Crippen LogP contribution in [0.25, 0.3) is 11.6 Å². The summed E-state index contributed by atoms with van der Waals surface area (Å²) in [6.45, 7) is 1.91. The molecule has 2 heterocycles. The van der Waals surface area contributed by atoms with Crippen molar-refractivity contribution in [1.82, 2.24) is 20.0 Å². The molecule has 0 atom stereocenters. The maximum absolute atomic E-state index is 12.1. The lowest BCUT2D eigenvalue weighted by Gasteiger charge is -2.01. The predicted octanol–water partition coefficient (Wildman–Crippen LogP) is 2.68. The largest absolute Gasteiger partial charge is 0.401 e. The predicted molar refractivity (Wildman–Crippen MR) is 80.6 cm³/mol. The Labute approximate surface area is 130 Å². The lowest BCUT2D eigenvalue weighted by atomic mass is 10.2. The third-order valence-electron chi connectivity index (χ3n) is 3.10. The number of anilines is 1. The van der Waals surface area contributed by atoms with Gasteiger partial charge < -0.3 is 4.42 Å². The molecule has 3 rings (SSSR count). The van der Waals surface area contributed by atoms with Crippen LogP contribution in [0.3, 0.4) is 0 Å². The van der Waals surface area contributed by atoms with Crippen LogP contribution in [-0.2, 0) is 7.05 Å². The lowest BCUT2D eigenvalue weighted by Crippen LogP contribution is -2.12. The molecule has 0 saturated carbocycles. The number of nitrogens with zero attached hydrogens (tertiary/aromatic N) is 4. The molecule has 0 unspecified atom stereocenters. The van der Waals surface area contributed by atoms with Crippen molar-refractivity contribution < 1.29 is 9.21 Å². The van der Waals surface area contributed by atoms with Crippen molar-refractivity contribution in [2.45, 2.75) is 6.92 Å². The van der Waals surface area contributed by atoms with Gasteiger partial charge >= 0.3 is 6.01 Å². The second kappa shape index (κ2) is 5.61. The molecule has 7 nitrogen and oxygen atoms in total. The molecule has 22 heavy (non-hydrogen) atoms. The third kappa shape index (κ3) is 2.71. The minimum atomic E-state index is -0.419. The van der Waals surface area contributed by atoms with Crippen LogP contribution in [0.4, 0.5) is 6.01 Å². The van der Waals surface area contributed by atoms with E-state index in [-0.39, 0.29) is 11.9 Å². The smallest absolute Gasteiger partial charge is 0.322 e. The highest BCUT2D eigenvalue weighted by atomic mass is 35.5. The summed E-state index contributed by atoms with van der Waals surface area (Å²) in [5.74, 6) is -0.184. The molecule has 2 aromatic heterocycles. The monoisotopic (exact) mass is 317 g/mol. The molecule has 0 fully saturated rings. The number of nitrogens with one attached hydrogen (secondary N) is 1. The molecule has 0 aliphatic heterocycles. The third-order valence-corrected chi connectivity index (χ3v) is 3.43. The molecule has 8 heteroatoms. The molecular weight excluding hydrogens is 306 g/mol. The molecule has 1 N–H and O–H groups in total. The number of aromatic nitrogens is 4. The molecular formula is C14H12ClN5O2. The normalized spacial score (nSPS) is 10.7. The van der Waals surface area contributed by atoms with Crippen LogP contribution in [0, 0.1) is 6.92 Å². The second-order valence-electron chi connectivity index (χ2n) is 4.64. The minimum absolute atomic E-state index is 0.0109. The van der Waals surface area contributed by atoms with E-state index in [1.165, 1.54) is 0 Å². The van der Waals surface area contributed by atoms with Crippen molar-refractivity contribution in [3.63, 3.8) is 0 Å². The Morgan fingerprint density at radius 2 is 2.09 bits per heavy atom. The zero-order chi connectivity index (χ0) is 15.7. The number of benzene rings is 1. The van der Waals surface area contributed by atoms with Crippen LogP contribution in [0.1, 0.15) is 16.1 Å². The first kappa shape index (κ1) is 14.3. The average Bonchev–Trinajstić information content (AvgIpc) is 3.07. The van der Waals surface area contributed by atoms with Gasteiger partial charge in [0.2, 0.25) is 0 Å². The quantitative estimate of drug-likeness (QED) is 0.802. The zero-order valence-electron chi connectivity index (χ0n) is 11.9. The van der Waals surface area contributed by atoms with E-state index in [0.29, 0.717) is 16.3 Å².